The smallest absolute Gasteiger partial charge is 0.266 e. The van der Waals surface area contributed by atoms with Gasteiger partial charge in [0, 0.05) is 24.3 Å². The van der Waals surface area contributed by atoms with Crippen LogP contribution >= 0.6 is 0 Å². The van der Waals surface area contributed by atoms with Gasteiger partial charge in [-0.25, -0.2) is 9.98 Å². The van der Waals surface area contributed by atoms with Gasteiger partial charge in [0.05, 0.1) is 17.4 Å². The first-order valence-electron chi connectivity index (χ1n) is 14.5. The van der Waals surface area contributed by atoms with Gasteiger partial charge in [0.1, 0.15) is 27.9 Å². The van der Waals surface area contributed by atoms with Crippen molar-refractivity contribution in [1.82, 2.24) is 9.72 Å². The molecule has 5 aliphatic rings. The quantitative estimate of drug-likeness (QED) is 0.109. The van der Waals surface area contributed by atoms with Crippen molar-refractivity contribution >= 4 is 39.5 Å². The van der Waals surface area contributed by atoms with Crippen LogP contribution in [0.2, 0.25) is 0 Å². The molecule has 0 atom stereocenters. The van der Waals surface area contributed by atoms with E-state index in [2.05, 4.69) is 0 Å². The van der Waals surface area contributed by atoms with E-state index in [4.69, 9.17) is 28.6 Å². The number of fused-ring (bicyclic) bond motifs is 8. The van der Waals surface area contributed by atoms with Crippen LogP contribution in [0.3, 0.4) is 0 Å². The molecule has 0 amide bonds. The highest BCUT2D eigenvalue weighted by Crippen LogP contribution is 2.53. The zero-order valence-electron chi connectivity index (χ0n) is 23.6. The number of aromatic nitrogens is 1. The molecule has 46 heavy (non-hydrogen) atoms. The first kappa shape index (κ1) is 24.7. The second-order valence-corrected chi connectivity index (χ2v) is 11.0. The van der Waals surface area contributed by atoms with Gasteiger partial charge >= 0.3 is 0 Å². The molecule has 0 saturated carbocycles. The summed E-state index contributed by atoms with van der Waals surface area (Å²) >= 11 is 0. The molecular weight excluding hydrogens is 584 g/mol. The summed E-state index contributed by atoms with van der Waals surface area (Å²) < 4.78 is 26.5. The van der Waals surface area contributed by atoms with Crippen LogP contribution in [0.1, 0.15) is 0 Å². The summed E-state index contributed by atoms with van der Waals surface area (Å²) in [5.41, 5.74) is 4.07. The van der Waals surface area contributed by atoms with Gasteiger partial charge in [-0.15, -0.1) is 0 Å². The fourth-order valence-corrected chi connectivity index (χ4v) is 6.17. The van der Waals surface area contributed by atoms with E-state index in [0.29, 0.717) is 90.8 Å². The van der Waals surface area contributed by atoms with Gasteiger partial charge in [0.15, 0.2) is 45.5 Å². The van der Waals surface area contributed by atoms with Gasteiger partial charge in [-0.2, -0.15) is 4.74 Å². The minimum Gasteiger partial charge on any atom is -0.618 e. The molecule has 10 rings (SSSR count). The molecule has 5 aromatic rings. The molecule has 1 aliphatic carbocycles. The van der Waals surface area contributed by atoms with Crippen LogP contribution in [0.5, 0.6) is 34.5 Å². The van der Waals surface area contributed by atoms with E-state index < -0.39 is 0 Å². The zero-order valence-corrected chi connectivity index (χ0v) is 23.6. The summed E-state index contributed by atoms with van der Waals surface area (Å²) in [4.78, 5) is 23.9. The van der Waals surface area contributed by atoms with Crippen molar-refractivity contribution in [3.8, 4) is 46.0 Å². The summed E-state index contributed by atoms with van der Waals surface area (Å²) in [5, 5.41) is 14.7. The van der Waals surface area contributed by atoms with Gasteiger partial charge in [-0.3, -0.25) is 9.69 Å². The summed E-state index contributed by atoms with van der Waals surface area (Å²) in [6, 6.07) is 31.9. The number of hydrogen-bond acceptors (Lipinski definition) is 9. The third-order valence-electron chi connectivity index (χ3n) is 8.23. The molecule has 4 heterocycles. The first-order chi connectivity index (χ1) is 22.6. The fraction of sp³-hybridized carbons (Fsp3) is 0. The standard InChI is InChI=1S/C36H18N4O6/c41-19-13-14-21-30(15-19)45-31-17-25-32(16-22(31)37-21)44-28-11-5-2-8-23(28)39(25)35-34-33(43-27-10-4-1-7-20(27)38-34)18-26-36(35)46-29-12-6-3-9-24(29)40(26)42/h1-18H. The Labute approximate surface area is 258 Å². The Bertz CT molecular complexity index is 2630. The van der Waals surface area contributed by atoms with Crippen molar-refractivity contribution in [3.05, 3.63) is 135 Å². The highest BCUT2D eigenvalue weighted by atomic mass is 16.5. The molecule has 218 valence electrons. The number of benzene rings is 6. The number of ether oxygens (including phenoxy) is 3. The van der Waals surface area contributed by atoms with Crippen LogP contribution in [-0.2, 0) is 0 Å². The van der Waals surface area contributed by atoms with Crippen molar-refractivity contribution in [2.75, 3.05) is 4.90 Å². The van der Waals surface area contributed by atoms with Crippen molar-refractivity contribution in [3.63, 3.8) is 0 Å². The summed E-state index contributed by atoms with van der Waals surface area (Å²) in [6.45, 7) is 0. The van der Waals surface area contributed by atoms with E-state index in [0.717, 1.165) is 4.74 Å². The maximum Gasteiger partial charge on any atom is 0.266 e. The van der Waals surface area contributed by atoms with Gasteiger partial charge < -0.3 is 23.8 Å². The van der Waals surface area contributed by atoms with Crippen molar-refractivity contribution in [2.45, 2.75) is 0 Å². The molecule has 10 nitrogen and oxygen atoms in total. The molecule has 0 unspecified atom stereocenters. The molecule has 0 radical (unpaired) electrons. The number of nitrogens with zero attached hydrogens (tertiary/aromatic N) is 4. The number of anilines is 3. The fourth-order valence-electron chi connectivity index (χ4n) is 6.17. The Morgan fingerprint density at radius 3 is 2.39 bits per heavy atom. The largest absolute Gasteiger partial charge is 0.618 e. The van der Waals surface area contributed by atoms with Crippen molar-refractivity contribution in [2.24, 2.45) is 4.99 Å². The molecule has 0 bridgehead atoms. The second-order valence-electron chi connectivity index (χ2n) is 11.0. The summed E-state index contributed by atoms with van der Waals surface area (Å²) in [5.74, 6) is 3.09. The third-order valence-corrected chi connectivity index (χ3v) is 8.23. The van der Waals surface area contributed by atoms with Gasteiger partial charge in [0.2, 0.25) is 5.75 Å². The van der Waals surface area contributed by atoms with Crippen molar-refractivity contribution in [1.29, 1.82) is 0 Å². The Morgan fingerprint density at radius 1 is 0.696 bits per heavy atom. The SMILES string of the molecule is O=c1ccc2nc3cc4c(cc3oc-2c1)N(c1c2c(cc3c1=Nc1ccccc1O3)=[N+]([O-])c1ccccc1O2)c1ccccc1O4. The molecule has 10 heteroatoms. The van der Waals surface area contributed by atoms with E-state index in [1.807, 2.05) is 59.5 Å². The van der Waals surface area contributed by atoms with Crippen LogP contribution in [0.25, 0.3) is 22.6 Å². The molecule has 5 aromatic carbocycles. The zero-order chi connectivity index (χ0) is 30.5. The van der Waals surface area contributed by atoms with E-state index in [-0.39, 0.29) is 10.8 Å². The molecule has 0 spiro atoms. The predicted octanol–water partition coefficient (Wildman–Crippen LogP) is 7.35. The monoisotopic (exact) mass is 602 g/mol. The average molecular weight is 603 g/mol. The minimum absolute atomic E-state index is 0.182. The molecule has 0 aromatic heterocycles. The molecule has 0 saturated heterocycles. The number of hydrogen-bond donors (Lipinski definition) is 0. The predicted molar refractivity (Wildman–Crippen MR) is 169 cm³/mol. The highest BCUT2D eigenvalue weighted by molar-refractivity contribution is 5.94. The normalized spacial score (nSPS) is 13.6. The van der Waals surface area contributed by atoms with Gasteiger partial charge in [-0.05, 0) is 42.5 Å². The van der Waals surface area contributed by atoms with Gasteiger partial charge in [-0.1, -0.05) is 36.4 Å². The highest BCUT2D eigenvalue weighted by Gasteiger charge is 2.36. The van der Waals surface area contributed by atoms with E-state index in [1.54, 1.807) is 42.5 Å². The van der Waals surface area contributed by atoms with Crippen LogP contribution in [0, 0.1) is 5.21 Å². The minimum atomic E-state index is -0.182. The number of para-hydroxylation sites is 6. The maximum absolute atomic E-state index is 14.0. The van der Waals surface area contributed by atoms with Crippen LogP contribution in [0.4, 0.5) is 28.4 Å². The topological polar surface area (TPSA) is 112 Å². The lowest BCUT2D eigenvalue weighted by Crippen LogP contribution is -2.33. The molecule has 0 fully saturated rings. The second kappa shape index (κ2) is 8.93. The lowest BCUT2D eigenvalue weighted by Gasteiger charge is -2.34. The lowest BCUT2D eigenvalue weighted by molar-refractivity contribution is 0.442. The Kier molecular flexibility index (Phi) is 4.80. The third kappa shape index (κ3) is 3.46. The number of rotatable bonds is 1. The lowest BCUT2D eigenvalue weighted by atomic mass is 10.1. The van der Waals surface area contributed by atoms with Crippen LogP contribution in [-0.4, -0.2) is 4.98 Å². The maximum atomic E-state index is 14.0. The molecule has 0 N–H and O–H groups in total. The first-order valence-corrected chi connectivity index (χ1v) is 14.5. The van der Waals surface area contributed by atoms with Gasteiger partial charge in [0.25, 0.3) is 11.0 Å². The Balaban J connectivity index is 1.34. The molecular formula is C36H18N4O6. The summed E-state index contributed by atoms with van der Waals surface area (Å²) in [6.07, 6.45) is 0. The Hall–Kier alpha value is -6.68. The van der Waals surface area contributed by atoms with E-state index >= 15 is 0 Å². The van der Waals surface area contributed by atoms with E-state index in [9.17, 15) is 10.0 Å². The van der Waals surface area contributed by atoms with E-state index in [1.165, 1.54) is 12.1 Å². The summed E-state index contributed by atoms with van der Waals surface area (Å²) in [7, 11) is 0. The van der Waals surface area contributed by atoms with Crippen LogP contribution in [0.15, 0.2) is 123 Å². The Morgan fingerprint density at radius 2 is 1.48 bits per heavy atom. The molecule has 4 aliphatic heterocycles. The van der Waals surface area contributed by atoms with Crippen LogP contribution < -0.4 is 40.0 Å². The average Bonchev–Trinajstić information content (AvgIpc) is 3.08. The van der Waals surface area contributed by atoms with Crippen molar-refractivity contribution < 1.29 is 18.6 Å².